The number of halogens is 1. The Morgan fingerprint density at radius 1 is 1.26 bits per heavy atom. The first kappa shape index (κ1) is 23.5. The van der Waals surface area contributed by atoms with E-state index in [1.807, 2.05) is 18.0 Å². The molecule has 2 heterocycles. The van der Waals surface area contributed by atoms with Gasteiger partial charge in [0.15, 0.2) is 17.5 Å². The molecule has 9 nitrogen and oxygen atoms in total. The molecule has 1 aliphatic carbocycles. The van der Waals surface area contributed by atoms with E-state index in [9.17, 15) is 9.50 Å². The number of rotatable bonds is 6. The first-order valence-corrected chi connectivity index (χ1v) is 11.6. The van der Waals surface area contributed by atoms with Gasteiger partial charge >= 0.3 is 0 Å². The van der Waals surface area contributed by atoms with Crippen LogP contribution in [0, 0.1) is 17.2 Å². The van der Waals surface area contributed by atoms with Gasteiger partial charge in [-0.3, -0.25) is 0 Å². The highest BCUT2D eigenvalue weighted by Crippen LogP contribution is 2.33. The Morgan fingerprint density at radius 2 is 2.09 bits per heavy atom. The average molecular weight is 465 g/mol. The number of hydrogen-bond donors (Lipinski definition) is 1. The number of anilines is 1. The molecule has 0 bridgehead atoms. The van der Waals surface area contributed by atoms with Gasteiger partial charge in [-0.25, -0.2) is 14.1 Å². The fraction of sp³-hybridized carbons (Fsp3) is 0.500. The Hall–Kier alpha value is -3.61. The van der Waals surface area contributed by atoms with E-state index in [0.717, 1.165) is 32.1 Å². The molecular weight excluding hydrogens is 435 g/mol. The fourth-order valence-electron chi connectivity index (χ4n) is 4.66. The first-order valence-electron chi connectivity index (χ1n) is 11.6. The van der Waals surface area contributed by atoms with Crippen LogP contribution in [0.15, 0.2) is 24.4 Å². The Kier molecular flexibility index (Phi) is 7.01. The van der Waals surface area contributed by atoms with E-state index in [-0.39, 0.29) is 23.4 Å². The summed E-state index contributed by atoms with van der Waals surface area (Å²) in [5.74, 6) is 1.74. The van der Waals surface area contributed by atoms with Gasteiger partial charge in [-0.15, -0.1) is 10.2 Å². The van der Waals surface area contributed by atoms with Gasteiger partial charge in [0, 0.05) is 19.7 Å². The summed E-state index contributed by atoms with van der Waals surface area (Å²) in [5.41, 5.74) is 0.967. The van der Waals surface area contributed by atoms with Crippen LogP contribution in [0.25, 0.3) is 22.8 Å². The van der Waals surface area contributed by atoms with E-state index in [0.29, 0.717) is 35.1 Å². The molecule has 3 atom stereocenters. The van der Waals surface area contributed by atoms with Gasteiger partial charge in [0.1, 0.15) is 18.0 Å². The van der Waals surface area contributed by atoms with Crippen LogP contribution in [0.4, 0.5) is 10.2 Å². The van der Waals surface area contributed by atoms with Crippen molar-refractivity contribution in [1.82, 2.24) is 29.9 Å². The molecule has 0 radical (unpaired) electrons. The maximum Gasteiger partial charge on any atom is 0.231 e. The minimum Gasteiger partial charge on any atom is -0.507 e. The predicted octanol–water partition coefficient (Wildman–Crippen LogP) is 4.04. The Labute approximate surface area is 198 Å². The molecule has 178 valence electrons. The Morgan fingerprint density at radius 3 is 2.74 bits per heavy atom. The van der Waals surface area contributed by atoms with Crippen LogP contribution in [-0.2, 0) is 7.05 Å². The van der Waals surface area contributed by atoms with Crippen molar-refractivity contribution in [2.75, 3.05) is 11.9 Å². The van der Waals surface area contributed by atoms with Crippen molar-refractivity contribution in [2.24, 2.45) is 13.0 Å². The number of aromatic hydroxyl groups is 1. The molecule has 3 aromatic rings. The highest BCUT2D eigenvalue weighted by Gasteiger charge is 2.32. The molecule has 34 heavy (non-hydrogen) atoms. The van der Waals surface area contributed by atoms with Crippen LogP contribution in [0.1, 0.15) is 51.3 Å². The lowest BCUT2D eigenvalue weighted by Crippen LogP contribution is -2.40. The van der Waals surface area contributed by atoms with Gasteiger partial charge in [-0.2, -0.15) is 15.3 Å². The number of nitrogens with zero attached hydrogens (tertiary/aromatic N) is 8. The molecule has 1 aliphatic rings. The number of phenolic OH excluding ortho intramolecular Hbond substituents is 1. The normalized spacial score (nSPS) is 20.5. The summed E-state index contributed by atoms with van der Waals surface area (Å²) in [7, 11) is 3.48. The number of nitriles is 1. The molecule has 0 unspecified atom stereocenters. The van der Waals surface area contributed by atoms with E-state index in [4.69, 9.17) is 5.26 Å². The minimum atomic E-state index is -0.910. The van der Waals surface area contributed by atoms with E-state index in [1.54, 1.807) is 25.4 Å². The Balaban J connectivity index is 1.53. The van der Waals surface area contributed by atoms with Gasteiger partial charge in [0.2, 0.25) is 5.82 Å². The van der Waals surface area contributed by atoms with Gasteiger partial charge in [-0.05, 0) is 30.9 Å². The summed E-state index contributed by atoms with van der Waals surface area (Å²) in [6.45, 7) is 2.17. The maximum absolute atomic E-state index is 14.9. The third kappa shape index (κ3) is 4.83. The standard InChI is InChI=1S/C24H29FN8O/c1-4-6-15-7-5-8-18(25)19(11-15)32(2)22-14-27-24(30-29-22)17-10-9-16(12-20(17)34)23-28-21(13-26)33(3)31-23/h9-10,12,14-15,18-19,34H,4-8,11H2,1-3H3/t15-,18+,19-/m1/s1. The lowest BCUT2D eigenvalue weighted by Gasteiger charge is -2.31. The Bertz CT molecular complexity index is 1170. The van der Waals surface area contributed by atoms with Crippen molar-refractivity contribution in [2.45, 2.75) is 57.7 Å². The molecule has 0 aliphatic heterocycles. The van der Waals surface area contributed by atoms with Gasteiger partial charge < -0.3 is 10.0 Å². The third-order valence-electron chi connectivity index (χ3n) is 6.55. The van der Waals surface area contributed by atoms with Gasteiger partial charge in [0.25, 0.3) is 0 Å². The monoisotopic (exact) mass is 464 g/mol. The molecule has 4 rings (SSSR count). The quantitative estimate of drug-likeness (QED) is 0.543. The van der Waals surface area contributed by atoms with E-state index >= 15 is 0 Å². The molecule has 2 aromatic heterocycles. The van der Waals surface area contributed by atoms with Crippen molar-refractivity contribution >= 4 is 5.82 Å². The topological polar surface area (TPSA) is 117 Å². The summed E-state index contributed by atoms with van der Waals surface area (Å²) in [6.07, 6.45) is 6.23. The second kappa shape index (κ2) is 10.1. The minimum absolute atomic E-state index is 0.0543. The second-order valence-electron chi connectivity index (χ2n) is 8.88. The molecular formula is C24H29FN8O. The highest BCUT2D eigenvalue weighted by molar-refractivity contribution is 5.70. The number of alkyl halides is 1. The number of aromatic nitrogens is 6. The molecule has 0 saturated heterocycles. The molecule has 0 spiro atoms. The second-order valence-corrected chi connectivity index (χ2v) is 8.88. The SMILES string of the molecule is CCC[C@@H]1CCC[C@H](F)[C@H](N(C)c2cnc(-c3ccc(-c4nc(C#N)n(C)n4)cc3O)nn2)C1. The zero-order valence-electron chi connectivity index (χ0n) is 19.7. The van der Waals surface area contributed by atoms with Crippen LogP contribution in [0.5, 0.6) is 5.75 Å². The molecule has 1 saturated carbocycles. The molecule has 1 aromatic carbocycles. The van der Waals surface area contributed by atoms with Gasteiger partial charge in [-0.1, -0.05) is 38.7 Å². The first-order chi connectivity index (χ1) is 16.4. The summed E-state index contributed by atoms with van der Waals surface area (Å²) >= 11 is 0. The molecule has 1 fully saturated rings. The summed E-state index contributed by atoms with van der Waals surface area (Å²) in [5, 5.41) is 32.3. The summed E-state index contributed by atoms with van der Waals surface area (Å²) < 4.78 is 16.3. The van der Waals surface area contributed by atoms with Crippen LogP contribution >= 0.6 is 0 Å². The number of benzene rings is 1. The van der Waals surface area contributed by atoms with Crippen LogP contribution in [-0.4, -0.2) is 54.3 Å². The lowest BCUT2D eigenvalue weighted by molar-refractivity contribution is 0.252. The summed E-state index contributed by atoms with van der Waals surface area (Å²) in [6, 6.07) is 6.59. The van der Waals surface area contributed by atoms with Crippen LogP contribution < -0.4 is 4.90 Å². The smallest absolute Gasteiger partial charge is 0.231 e. The molecule has 10 heteroatoms. The number of aryl methyl sites for hydroxylation is 1. The van der Waals surface area contributed by atoms with E-state index < -0.39 is 6.17 Å². The van der Waals surface area contributed by atoms with E-state index in [1.165, 1.54) is 10.7 Å². The summed E-state index contributed by atoms with van der Waals surface area (Å²) in [4.78, 5) is 10.4. The zero-order valence-corrected chi connectivity index (χ0v) is 19.7. The lowest BCUT2D eigenvalue weighted by atomic mass is 9.93. The fourth-order valence-corrected chi connectivity index (χ4v) is 4.66. The zero-order chi connectivity index (χ0) is 24.2. The largest absolute Gasteiger partial charge is 0.507 e. The van der Waals surface area contributed by atoms with Crippen LogP contribution in [0.3, 0.4) is 0 Å². The van der Waals surface area contributed by atoms with Crippen molar-refractivity contribution < 1.29 is 9.50 Å². The maximum atomic E-state index is 14.9. The average Bonchev–Trinajstić information content (AvgIpc) is 3.12. The van der Waals surface area contributed by atoms with Crippen molar-refractivity contribution in [1.29, 1.82) is 5.26 Å². The van der Waals surface area contributed by atoms with Crippen molar-refractivity contribution in [3.63, 3.8) is 0 Å². The van der Waals surface area contributed by atoms with Crippen LogP contribution in [0.2, 0.25) is 0 Å². The van der Waals surface area contributed by atoms with Crippen molar-refractivity contribution in [3.05, 3.63) is 30.2 Å². The number of hydrogen-bond acceptors (Lipinski definition) is 8. The van der Waals surface area contributed by atoms with Gasteiger partial charge in [0.05, 0.1) is 17.8 Å². The molecule has 1 N–H and O–H groups in total. The predicted molar refractivity (Wildman–Crippen MR) is 126 cm³/mol. The number of phenols is 1. The van der Waals surface area contributed by atoms with Crippen molar-refractivity contribution in [3.8, 4) is 34.6 Å². The highest BCUT2D eigenvalue weighted by atomic mass is 19.1. The third-order valence-corrected chi connectivity index (χ3v) is 6.55. The van der Waals surface area contributed by atoms with E-state index in [2.05, 4.69) is 32.2 Å². The molecule has 0 amide bonds.